The maximum atomic E-state index is 12.8. The van der Waals surface area contributed by atoms with E-state index in [4.69, 9.17) is 9.84 Å². The van der Waals surface area contributed by atoms with Crippen LogP contribution in [-0.4, -0.2) is 29.1 Å². The van der Waals surface area contributed by atoms with E-state index in [0.29, 0.717) is 25.0 Å². The van der Waals surface area contributed by atoms with Crippen LogP contribution in [-0.2, 0) is 9.59 Å². The lowest BCUT2D eigenvalue weighted by Crippen LogP contribution is -2.41. The van der Waals surface area contributed by atoms with E-state index in [0.717, 1.165) is 0 Å². The van der Waals surface area contributed by atoms with Crippen molar-refractivity contribution in [3.05, 3.63) is 30.1 Å². The zero-order valence-corrected chi connectivity index (χ0v) is 11.7. The number of nitrogens with one attached hydrogen (secondary N) is 1. The zero-order valence-electron chi connectivity index (χ0n) is 11.7. The van der Waals surface area contributed by atoms with Crippen LogP contribution in [0, 0.1) is 11.7 Å². The molecule has 5 nitrogen and oxygen atoms in total. The van der Waals surface area contributed by atoms with Crippen molar-refractivity contribution in [3.8, 4) is 5.75 Å². The molecule has 0 saturated heterocycles. The molecule has 1 aliphatic rings. The molecule has 0 aromatic heterocycles. The summed E-state index contributed by atoms with van der Waals surface area (Å²) in [4.78, 5) is 22.9. The first kappa shape index (κ1) is 15.3. The molecule has 0 spiro atoms. The molecule has 0 radical (unpaired) electrons. The van der Waals surface area contributed by atoms with Gasteiger partial charge in [0.15, 0.2) is 6.10 Å². The molecule has 1 aliphatic carbocycles. The summed E-state index contributed by atoms with van der Waals surface area (Å²) in [7, 11) is 0. The molecule has 21 heavy (non-hydrogen) atoms. The Balaban J connectivity index is 1.83. The Morgan fingerprint density at radius 1 is 1.33 bits per heavy atom. The molecular formula is C15H18FNO4. The van der Waals surface area contributed by atoms with Gasteiger partial charge in [0, 0.05) is 6.04 Å². The molecule has 2 N–H and O–H groups in total. The smallest absolute Gasteiger partial charge is 0.306 e. The molecule has 1 aromatic carbocycles. The van der Waals surface area contributed by atoms with Crippen LogP contribution in [0.5, 0.6) is 5.75 Å². The highest BCUT2D eigenvalue weighted by Gasteiger charge is 2.31. The van der Waals surface area contributed by atoms with Gasteiger partial charge >= 0.3 is 5.97 Å². The van der Waals surface area contributed by atoms with Gasteiger partial charge < -0.3 is 15.2 Å². The quantitative estimate of drug-likeness (QED) is 0.870. The molecule has 0 heterocycles. The molecule has 1 amide bonds. The van der Waals surface area contributed by atoms with Crippen molar-refractivity contribution in [2.45, 2.75) is 38.3 Å². The number of halogens is 1. The first-order chi connectivity index (χ1) is 9.95. The van der Waals surface area contributed by atoms with Gasteiger partial charge in [-0.05, 0) is 50.5 Å². The third kappa shape index (κ3) is 4.18. The summed E-state index contributed by atoms with van der Waals surface area (Å²) in [5, 5.41) is 11.7. The second-order valence-corrected chi connectivity index (χ2v) is 5.27. The highest BCUT2D eigenvalue weighted by molar-refractivity contribution is 5.81. The number of ether oxygens (including phenoxy) is 1. The zero-order chi connectivity index (χ0) is 15.4. The van der Waals surface area contributed by atoms with Gasteiger partial charge in [0.05, 0.1) is 5.92 Å². The number of carboxylic acids is 1. The lowest BCUT2D eigenvalue weighted by Gasteiger charge is -2.18. The van der Waals surface area contributed by atoms with Crippen molar-refractivity contribution in [3.63, 3.8) is 0 Å². The van der Waals surface area contributed by atoms with Crippen molar-refractivity contribution in [1.29, 1.82) is 0 Å². The third-order valence-electron chi connectivity index (χ3n) is 3.62. The molecule has 1 fully saturated rings. The molecule has 6 heteroatoms. The Kier molecular flexibility index (Phi) is 4.77. The van der Waals surface area contributed by atoms with Crippen LogP contribution in [0.3, 0.4) is 0 Å². The maximum Gasteiger partial charge on any atom is 0.306 e. The summed E-state index contributed by atoms with van der Waals surface area (Å²) in [6.07, 6.45) is 0.961. The maximum absolute atomic E-state index is 12.8. The van der Waals surface area contributed by atoms with Crippen molar-refractivity contribution in [1.82, 2.24) is 5.32 Å². The minimum absolute atomic E-state index is 0.127. The van der Waals surface area contributed by atoms with Crippen LogP contribution in [0.4, 0.5) is 4.39 Å². The largest absolute Gasteiger partial charge is 0.481 e. The van der Waals surface area contributed by atoms with E-state index < -0.39 is 12.1 Å². The standard InChI is InChI=1S/C15H18FNO4/c1-9(21-13-6-3-11(16)4-7-13)14(18)17-12-5-2-10(8-12)15(19)20/h3-4,6-7,9-10,12H,2,5,8H2,1H3,(H,17,18)(H,19,20). The molecule has 2 rings (SSSR count). The fourth-order valence-corrected chi connectivity index (χ4v) is 2.43. The summed E-state index contributed by atoms with van der Waals surface area (Å²) >= 11 is 0. The molecule has 1 aromatic rings. The molecule has 0 aliphatic heterocycles. The lowest BCUT2D eigenvalue weighted by molar-refractivity contribution is -0.141. The first-order valence-electron chi connectivity index (χ1n) is 6.91. The van der Waals surface area contributed by atoms with E-state index in [1.54, 1.807) is 6.92 Å². The number of benzene rings is 1. The van der Waals surface area contributed by atoms with E-state index in [1.165, 1.54) is 24.3 Å². The van der Waals surface area contributed by atoms with Gasteiger partial charge in [-0.15, -0.1) is 0 Å². The average Bonchev–Trinajstić information content (AvgIpc) is 2.90. The summed E-state index contributed by atoms with van der Waals surface area (Å²) < 4.78 is 18.2. The van der Waals surface area contributed by atoms with E-state index in [2.05, 4.69) is 5.32 Å². The highest BCUT2D eigenvalue weighted by Crippen LogP contribution is 2.25. The van der Waals surface area contributed by atoms with Crippen LogP contribution in [0.1, 0.15) is 26.2 Å². The van der Waals surface area contributed by atoms with Crippen molar-refractivity contribution in [2.75, 3.05) is 0 Å². The summed E-state index contributed by atoms with van der Waals surface area (Å²) in [6.45, 7) is 1.60. The van der Waals surface area contributed by atoms with Crippen LogP contribution >= 0.6 is 0 Å². The fraction of sp³-hybridized carbons (Fsp3) is 0.467. The second-order valence-electron chi connectivity index (χ2n) is 5.27. The Morgan fingerprint density at radius 3 is 2.57 bits per heavy atom. The van der Waals surface area contributed by atoms with Gasteiger partial charge in [0.25, 0.3) is 5.91 Å². The highest BCUT2D eigenvalue weighted by atomic mass is 19.1. The second kappa shape index (κ2) is 6.56. The Morgan fingerprint density at radius 2 is 2.00 bits per heavy atom. The topological polar surface area (TPSA) is 75.6 Å². The molecule has 0 bridgehead atoms. The average molecular weight is 295 g/mol. The van der Waals surface area contributed by atoms with Crippen LogP contribution in [0.25, 0.3) is 0 Å². The summed E-state index contributed by atoms with van der Waals surface area (Å²) in [5.41, 5.74) is 0. The Labute approximate surface area is 122 Å². The minimum Gasteiger partial charge on any atom is -0.481 e. The number of aliphatic carboxylic acids is 1. The van der Waals surface area contributed by atoms with Crippen LogP contribution in [0.15, 0.2) is 24.3 Å². The van der Waals surface area contributed by atoms with Gasteiger partial charge in [-0.25, -0.2) is 4.39 Å². The number of rotatable bonds is 5. The van der Waals surface area contributed by atoms with Gasteiger partial charge in [0.1, 0.15) is 11.6 Å². The van der Waals surface area contributed by atoms with Gasteiger partial charge in [0.2, 0.25) is 0 Å². The predicted molar refractivity (Wildman–Crippen MR) is 73.4 cm³/mol. The van der Waals surface area contributed by atoms with Crippen molar-refractivity contribution >= 4 is 11.9 Å². The number of hydrogen-bond acceptors (Lipinski definition) is 3. The normalized spacial score (nSPS) is 22.6. The monoisotopic (exact) mass is 295 g/mol. The van der Waals surface area contributed by atoms with Crippen molar-refractivity contribution in [2.24, 2.45) is 5.92 Å². The van der Waals surface area contributed by atoms with Crippen LogP contribution < -0.4 is 10.1 Å². The Bertz CT molecular complexity index is 517. The summed E-state index contributed by atoms with van der Waals surface area (Å²) in [5.74, 6) is -1.46. The van der Waals surface area contributed by atoms with Gasteiger partial charge in [-0.1, -0.05) is 0 Å². The molecule has 114 valence electrons. The molecule has 3 atom stereocenters. The lowest BCUT2D eigenvalue weighted by atomic mass is 10.1. The van der Waals surface area contributed by atoms with E-state index in [-0.39, 0.29) is 23.7 Å². The predicted octanol–water partition coefficient (Wildman–Crippen LogP) is 1.96. The number of carbonyl (C=O) groups excluding carboxylic acids is 1. The minimum atomic E-state index is -0.817. The first-order valence-corrected chi connectivity index (χ1v) is 6.91. The number of carbonyl (C=O) groups is 2. The number of carboxylic acid groups (broad SMARTS) is 1. The van der Waals surface area contributed by atoms with E-state index in [1.807, 2.05) is 0 Å². The van der Waals surface area contributed by atoms with E-state index >= 15 is 0 Å². The number of hydrogen-bond donors (Lipinski definition) is 2. The third-order valence-corrected chi connectivity index (χ3v) is 3.62. The molecule has 1 saturated carbocycles. The van der Waals surface area contributed by atoms with Crippen LogP contribution in [0.2, 0.25) is 0 Å². The van der Waals surface area contributed by atoms with Crippen molar-refractivity contribution < 1.29 is 23.8 Å². The van der Waals surface area contributed by atoms with Gasteiger partial charge in [-0.3, -0.25) is 9.59 Å². The van der Waals surface area contributed by atoms with Gasteiger partial charge in [-0.2, -0.15) is 0 Å². The molecular weight excluding hydrogens is 277 g/mol. The summed E-state index contributed by atoms with van der Waals surface area (Å²) in [6, 6.07) is 5.30. The molecule has 3 unspecified atom stereocenters. The van der Waals surface area contributed by atoms with E-state index in [9.17, 15) is 14.0 Å². The number of amides is 1. The Hall–Kier alpha value is -2.11. The fourth-order valence-electron chi connectivity index (χ4n) is 2.43. The SMILES string of the molecule is CC(Oc1ccc(F)cc1)C(=O)NC1CCC(C(=O)O)C1.